The van der Waals surface area contributed by atoms with Gasteiger partial charge in [-0.3, -0.25) is 4.79 Å². The molecule has 0 saturated carbocycles. The number of nitrogens with two attached hydrogens (primary N) is 1. The topological polar surface area (TPSA) is 85.4 Å². The number of halogens is 1. The van der Waals surface area contributed by atoms with Crippen LogP contribution >= 0.6 is 11.6 Å². The highest BCUT2D eigenvalue weighted by Gasteiger charge is 2.32. The lowest BCUT2D eigenvalue weighted by atomic mass is 10.1. The number of sulfonamides is 1. The Morgan fingerprint density at radius 2 is 2.14 bits per heavy atom. The van der Waals surface area contributed by atoms with Crippen molar-refractivity contribution < 1.29 is 13.2 Å². The molecule has 0 bridgehead atoms. The van der Waals surface area contributed by atoms with E-state index in [1.54, 1.807) is 21.7 Å². The third-order valence-electron chi connectivity index (χ3n) is 3.72. The lowest BCUT2D eigenvalue weighted by Crippen LogP contribution is -2.47. The summed E-state index contributed by atoms with van der Waals surface area (Å²) in [5.41, 5.74) is 0.477. The molecule has 1 atom stereocenters. The van der Waals surface area contributed by atoms with Gasteiger partial charge in [0.2, 0.25) is 10.0 Å². The minimum Gasteiger partial charge on any atom is -0.339 e. The van der Waals surface area contributed by atoms with Crippen molar-refractivity contribution in [1.82, 2.24) is 9.47 Å². The summed E-state index contributed by atoms with van der Waals surface area (Å²) in [6, 6.07) is 1.71. The molecular weight excluding hydrogens is 314 g/mol. The first-order chi connectivity index (χ1) is 9.70. The maximum absolute atomic E-state index is 12.6. The van der Waals surface area contributed by atoms with E-state index >= 15 is 0 Å². The second kappa shape index (κ2) is 5.98. The predicted molar refractivity (Wildman–Crippen MR) is 81.9 cm³/mol. The Morgan fingerprint density at radius 3 is 2.71 bits per heavy atom. The molecule has 0 aliphatic carbocycles. The minimum atomic E-state index is -3.62. The van der Waals surface area contributed by atoms with Crippen molar-refractivity contribution in [2.24, 2.45) is 5.14 Å². The summed E-state index contributed by atoms with van der Waals surface area (Å²) >= 11 is 5.99. The lowest BCUT2D eigenvalue weighted by Gasteiger charge is -2.32. The van der Waals surface area contributed by atoms with Crippen molar-refractivity contribution >= 4 is 27.5 Å². The molecular formula is C13H20ClN3O3S. The third-order valence-corrected chi connectivity index (χ3v) is 5.24. The average Bonchev–Trinajstić information content (AvgIpc) is 2.79. The molecule has 1 aromatic heterocycles. The number of piperidine rings is 1. The Bertz CT molecular complexity index is 639. The zero-order valence-electron chi connectivity index (χ0n) is 12.1. The Hall–Kier alpha value is -1.05. The standard InChI is InChI=1S/C13H20ClN3O3S/c1-9(2)17-7-10(14)6-12(17)13(18)16-5-3-4-11(8-16)21(15,19)20/h6-7,9,11H,3-5,8H2,1-2H3,(H2,15,19,20). The molecule has 1 aliphatic heterocycles. The summed E-state index contributed by atoms with van der Waals surface area (Å²) < 4.78 is 24.8. The van der Waals surface area contributed by atoms with Gasteiger partial charge in [-0.2, -0.15) is 0 Å². The molecule has 0 aromatic carbocycles. The number of primary sulfonamides is 1. The van der Waals surface area contributed by atoms with Crippen molar-refractivity contribution in [3.63, 3.8) is 0 Å². The molecule has 1 amide bonds. The van der Waals surface area contributed by atoms with Crippen molar-refractivity contribution in [3.05, 3.63) is 23.0 Å². The van der Waals surface area contributed by atoms with E-state index in [-0.39, 0.29) is 18.5 Å². The van der Waals surface area contributed by atoms with Crippen LogP contribution in [0.25, 0.3) is 0 Å². The van der Waals surface area contributed by atoms with E-state index in [0.29, 0.717) is 30.1 Å². The molecule has 0 spiro atoms. The van der Waals surface area contributed by atoms with Crippen LogP contribution in [0.3, 0.4) is 0 Å². The molecule has 2 heterocycles. The molecule has 2 N–H and O–H groups in total. The highest BCUT2D eigenvalue weighted by Crippen LogP contribution is 2.23. The second-order valence-electron chi connectivity index (χ2n) is 5.65. The summed E-state index contributed by atoms with van der Waals surface area (Å²) in [7, 11) is -3.62. The van der Waals surface area contributed by atoms with E-state index in [4.69, 9.17) is 16.7 Å². The van der Waals surface area contributed by atoms with Crippen molar-refractivity contribution in [2.75, 3.05) is 13.1 Å². The second-order valence-corrected chi connectivity index (χ2v) is 7.93. The zero-order valence-corrected chi connectivity index (χ0v) is 13.7. The summed E-state index contributed by atoms with van der Waals surface area (Å²) in [6.07, 6.45) is 2.83. The van der Waals surface area contributed by atoms with Gasteiger partial charge in [-0.15, -0.1) is 0 Å². The average molecular weight is 334 g/mol. The molecule has 8 heteroatoms. The van der Waals surface area contributed by atoms with E-state index in [1.807, 2.05) is 13.8 Å². The smallest absolute Gasteiger partial charge is 0.270 e. The van der Waals surface area contributed by atoms with Gasteiger partial charge in [-0.1, -0.05) is 11.6 Å². The van der Waals surface area contributed by atoms with Gasteiger partial charge in [0.1, 0.15) is 5.69 Å². The first kappa shape index (κ1) is 16.3. The van der Waals surface area contributed by atoms with Gasteiger partial charge in [-0.25, -0.2) is 13.6 Å². The van der Waals surface area contributed by atoms with Gasteiger partial charge >= 0.3 is 0 Å². The minimum absolute atomic E-state index is 0.0929. The Morgan fingerprint density at radius 1 is 1.48 bits per heavy atom. The van der Waals surface area contributed by atoms with Crippen LogP contribution in [0.1, 0.15) is 43.2 Å². The van der Waals surface area contributed by atoms with Crippen molar-refractivity contribution in [2.45, 2.75) is 38.0 Å². The maximum Gasteiger partial charge on any atom is 0.270 e. The monoisotopic (exact) mass is 333 g/mol. The Labute approximate surface area is 129 Å². The first-order valence-corrected chi connectivity index (χ1v) is 8.87. The van der Waals surface area contributed by atoms with Crippen LogP contribution in [0.2, 0.25) is 5.02 Å². The molecule has 118 valence electrons. The fourth-order valence-electron chi connectivity index (χ4n) is 2.60. The number of rotatable bonds is 3. The van der Waals surface area contributed by atoms with E-state index < -0.39 is 15.3 Å². The lowest BCUT2D eigenvalue weighted by molar-refractivity contribution is 0.0714. The third kappa shape index (κ3) is 3.59. The summed E-state index contributed by atoms with van der Waals surface area (Å²) in [6.45, 7) is 4.58. The number of amides is 1. The first-order valence-electron chi connectivity index (χ1n) is 6.88. The SMILES string of the molecule is CC(C)n1cc(Cl)cc1C(=O)N1CCCC(S(N)(=O)=O)C1. The fourth-order valence-corrected chi connectivity index (χ4v) is 3.69. The van der Waals surface area contributed by atoms with Gasteiger partial charge in [0, 0.05) is 25.3 Å². The molecule has 2 rings (SSSR count). The van der Waals surface area contributed by atoms with Crippen molar-refractivity contribution in [1.29, 1.82) is 0 Å². The van der Waals surface area contributed by atoms with Gasteiger partial charge in [0.25, 0.3) is 5.91 Å². The number of carbonyl (C=O) groups is 1. The van der Waals surface area contributed by atoms with Crippen LogP contribution in [0, 0.1) is 0 Å². The van der Waals surface area contributed by atoms with Gasteiger partial charge < -0.3 is 9.47 Å². The summed E-state index contributed by atoms with van der Waals surface area (Å²) in [5, 5.41) is 5.01. The Balaban J connectivity index is 2.24. The van der Waals surface area contributed by atoms with Crippen LogP contribution in [0.4, 0.5) is 0 Å². The molecule has 21 heavy (non-hydrogen) atoms. The number of hydrogen-bond donors (Lipinski definition) is 1. The molecule has 1 saturated heterocycles. The van der Waals surface area contributed by atoms with Gasteiger partial charge in [0.05, 0.1) is 10.3 Å². The number of carbonyl (C=O) groups excluding carboxylic acids is 1. The highest BCUT2D eigenvalue weighted by molar-refractivity contribution is 7.89. The molecule has 1 fully saturated rings. The largest absolute Gasteiger partial charge is 0.339 e. The predicted octanol–water partition coefficient (Wildman–Crippen LogP) is 1.62. The molecule has 1 aliphatic rings. The number of likely N-dealkylation sites (tertiary alicyclic amines) is 1. The van der Waals surface area contributed by atoms with Gasteiger partial charge in [-0.05, 0) is 32.8 Å². The normalized spacial score (nSPS) is 20.0. The van der Waals surface area contributed by atoms with E-state index in [1.165, 1.54) is 0 Å². The zero-order chi connectivity index (χ0) is 15.8. The van der Waals surface area contributed by atoms with Crippen LogP contribution < -0.4 is 5.14 Å². The van der Waals surface area contributed by atoms with Crippen LogP contribution in [-0.2, 0) is 10.0 Å². The van der Waals surface area contributed by atoms with E-state index in [2.05, 4.69) is 0 Å². The van der Waals surface area contributed by atoms with Crippen molar-refractivity contribution in [3.8, 4) is 0 Å². The van der Waals surface area contributed by atoms with Crippen LogP contribution in [0.5, 0.6) is 0 Å². The van der Waals surface area contributed by atoms with Crippen LogP contribution in [0.15, 0.2) is 12.3 Å². The maximum atomic E-state index is 12.6. The Kier molecular flexibility index (Phi) is 4.65. The summed E-state index contributed by atoms with van der Waals surface area (Å²) in [4.78, 5) is 14.2. The number of aromatic nitrogens is 1. The number of hydrogen-bond acceptors (Lipinski definition) is 3. The number of nitrogens with zero attached hydrogens (tertiary/aromatic N) is 2. The van der Waals surface area contributed by atoms with E-state index in [9.17, 15) is 13.2 Å². The summed E-state index contributed by atoms with van der Waals surface area (Å²) in [5.74, 6) is -0.205. The fraction of sp³-hybridized carbons (Fsp3) is 0.615. The molecule has 1 aromatic rings. The molecule has 6 nitrogen and oxygen atoms in total. The quantitative estimate of drug-likeness (QED) is 0.912. The molecule has 1 unspecified atom stereocenters. The molecule has 0 radical (unpaired) electrons. The van der Waals surface area contributed by atoms with Gasteiger partial charge in [0.15, 0.2) is 0 Å². The highest BCUT2D eigenvalue weighted by atomic mass is 35.5. The van der Waals surface area contributed by atoms with E-state index in [0.717, 1.165) is 0 Å². The van der Waals surface area contributed by atoms with Crippen LogP contribution in [-0.4, -0.2) is 42.1 Å².